The Morgan fingerprint density at radius 3 is 2.33 bits per heavy atom. The van der Waals surface area contributed by atoms with Gasteiger partial charge >= 0.3 is 0 Å². The van der Waals surface area contributed by atoms with Crippen LogP contribution in [0.2, 0.25) is 0 Å². The van der Waals surface area contributed by atoms with Crippen LogP contribution in [0.5, 0.6) is 5.75 Å². The van der Waals surface area contributed by atoms with E-state index in [2.05, 4.69) is 6.07 Å². The van der Waals surface area contributed by atoms with Crippen LogP contribution in [-0.4, -0.2) is 25.0 Å². The average Bonchev–Trinajstić information content (AvgIpc) is 3.35. The molecule has 0 atom stereocenters. The fourth-order valence-corrected chi connectivity index (χ4v) is 4.68. The van der Waals surface area contributed by atoms with Crippen LogP contribution in [0.4, 0.5) is 11.4 Å². The summed E-state index contributed by atoms with van der Waals surface area (Å²) in [6, 6.07) is 21.2. The van der Waals surface area contributed by atoms with Gasteiger partial charge in [0, 0.05) is 12.2 Å². The minimum Gasteiger partial charge on any atom is -0.494 e. The number of ether oxygens (including phenoxy) is 1. The van der Waals surface area contributed by atoms with E-state index in [1.165, 1.54) is 10.5 Å². The van der Waals surface area contributed by atoms with Crippen molar-refractivity contribution >= 4 is 28.8 Å². The molecule has 0 aliphatic carbocycles. The molecule has 0 saturated heterocycles. The summed E-state index contributed by atoms with van der Waals surface area (Å²) in [7, 11) is 0. The van der Waals surface area contributed by atoms with Gasteiger partial charge in [-0.25, -0.2) is 4.90 Å². The van der Waals surface area contributed by atoms with Gasteiger partial charge in [-0.15, -0.1) is 0 Å². The third-order valence-corrected chi connectivity index (χ3v) is 6.49. The van der Waals surface area contributed by atoms with Crippen molar-refractivity contribution in [2.24, 2.45) is 0 Å². The molecular weight excluding hydrogens is 412 g/mol. The normalized spacial score (nSPS) is 15.5. The zero-order valence-electron chi connectivity index (χ0n) is 19.1. The van der Waals surface area contributed by atoms with E-state index in [9.17, 15) is 9.59 Å². The van der Waals surface area contributed by atoms with Gasteiger partial charge in [-0.2, -0.15) is 0 Å². The summed E-state index contributed by atoms with van der Waals surface area (Å²) in [5, 5.41) is 0. The van der Waals surface area contributed by atoms with Crippen molar-refractivity contribution in [2.75, 3.05) is 23.0 Å². The van der Waals surface area contributed by atoms with E-state index in [1.54, 1.807) is 0 Å². The van der Waals surface area contributed by atoms with Crippen LogP contribution >= 0.6 is 0 Å². The van der Waals surface area contributed by atoms with Crippen LogP contribution in [-0.2, 0) is 16.0 Å². The monoisotopic (exact) mass is 438 g/mol. The molecule has 0 N–H and O–H groups in total. The highest BCUT2D eigenvalue weighted by molar-refractivity contribution is 6.46. The highest BCUT2D eigenvalue weighted by atomic mass is 16.5. The molecule has 0 radical (unpaired) electrons. The molecule has 33 heavy (non-hydrogen) atoms. The molecule has 5 heteroatoms. The molecule has 5 nitrogen and oxygen atoms in total. The lowest BCUT2D eigenvalue weighted by molar-refractivity contribution is -0.120. The molecule has 2 amide bonds. The van der Waals surface area contributed by atoms with E-state index in [-0.39, 0.29) is 11.8 Å². The minimum absolute atomic E-state index is 0.283. The number of hydrogen-bond acceptors (Lipinski definition) is 4. The average molecular weight is 439 g/mol. The summed E-state index contributed by atoms with van der Waals surface area (Å²) in [6.45, 7) is 7.10. The molecule has 2 heterocycles. The van der Waals surface area contributed by atoms with E-state index in [1.807, 2.05) is 86.3 Å². The Bertz CT molecular complexity index is 1290. The smallest absolute Gasteiger partial charge is 0.282 e. The fraction of sp³-hybridized carbons (Fsp3) is 0.214. The number of benzene rings is 3. The number of fused-ring (bicyclic) bond motifs is 1. The third kappa shape index (κ3) is 3.41. The zero-order chi connectivity index (χ0) is 23.1. The molecule has 3 aromatic carbocycles. The van der Waals surface area contributed by atoms with Gasteiger partial charge in [0.1, 0.15) is 11.4 Å². The van der Waals surface area contributed by atoms with Crippen LogP contribution in [0.3, 0.4) is 0 Å². The van der Waals surface area contributed by atoms with Crippen LogP contribution in [0.15, 0.2) is 72.4 Å². The Kier molecular flexibility index (Phi) is 5.25. The van der Waals surface area contributed by atoms with Crippen LogP contribution in [0.1, 0.15) is 29.2 Å². The van der Waals surface area contributed by atoms with Gasteiger partial charge < -0.3 is 9.64 Å². The second kappa shape index (κ2) is 8.24. The lowest BCUT2D eigenvalue weighted by Gasteiger charge is -2.22. The highest BCUT2D eigenvalue weighted by Crippen LogP contribution is 2.41. The predicted octanol–water partition coefficient (Wildman–Crippen LogP) is 5.05. The topological polar surface area (TPSA) is 49.9 Å². The first-order valence-electron chi connectivity index (χ1n) is 11.3. The second-order valence-corrected chi connectivity index (χ2v) is 8.38. The Morgan fingerprint density at radius 2 is 1.58 bits per heavy atom. The molecule has 166 valence electrons. The van der Waals surface area contributed by atoms with E-state index in [4.69, 9.17) is 4.74 Å². The maximum atomic E-state index is 13.9. The number of nitrogens with zero attached hydrogens (tertiary/aromatic N) is 2. The predicted molar refractivity (Wildman–Crippen MR) is 130 cm³/mol. The molecular formula is C28H26N2O3. The third-order valence-electron chi connectivity index (χ3n) is 6.49. The molecule has 0 saturated carbocycles. The molecule has 2 aliphatic heterocycles. The molecule has 0 spiro atoms. The SMILES string of the molecule is CCOc1ccc(C2=C(N3CCc4ccccc43)C(=O)N(c3cccc(C)c3C)C2=O)cc1. The molecule has 0 aromatic heterocycles. The van der Waals surface area contributed by atoms with E-state index in [0.29, 0.717) is 35.7 Å². The summed E-state index contributed by atoms with van der Waals surface area (Å²) in [5.41, 5.74) is 6.35. The van der Waals surface area contributed by atoms with Gasteiger partial charge in [0.2, 0.25) is 0 Å². The van der Waals surface area contributed by atoms with Crippen molar-refractivity contribution in [2.45, 2.75) is 27.2 Å². The zero-order valence-corrected chi connectivity index (χ0v) is 19.1. The lowest BCUT2D eigenvalue weighted by atomic mass is 10.0. The Hall–Kier alpha value is -3.86. The van der Waals surface area contributed by atoms with E-state index < -0.39 is 0 Å². The van der Waals surface area contributed by atoms with Crippen LogP contribution < -0.4 is 14.5 Å². The van der Waals surface area contributed by atoms with Crippen molar-refractivity contribution in [3.05, 3.63) is 94.7 Å². The standard InChI is InChI=1S/C28H26N2O3/c1-4-33-22-14-12-21(13-15-22)25-26(29-17-16-20-9-5-6-10-24(20)29)28(32)30(27(25)31)23-11-7-8-18(2)19(23)3/h5-15H,4,16-17H2,1-3H3. The molecule has 0 fully saturated rings. The fourth-order valence-electron chi connectivity index (χ4n) is 4.68. The number of aryl methyl sites for hydroxylation is 1. The van der Waals surface area contributed by atoms with Gasteiger partial charge in [0.25, 0.3) is 11.8 Å². The first-order chi connectivity index (χ1) is 16.0. The highest BCUT2D eigenvalue weighted by Gasteiger charge is 2.44. The Labute approximate surface area is 193 Å². The number of imide groups is 1. The summed E-state index contributed by atoms with van der Waals surface area (Å²) in [6.07, 6.45) is 0.834. The maximum Gasteiger partial charge on any atom is 0.282 e. The quantitative estimate of drug-likeness (QED) is 0.523. The maximum absolute atomic E-state index is 13.9. The van der Waals surface area contributed by atoms with Crippen LogP contribution in [0.25, 0.3) is 5.57 Å². The number of hydrogen-bond donors (Lipinski definition) is 0. The first-order valence-corrected chi connectivity index (χ1v) is 11.3. The number of carbonyl (C=O) groups is 2. The Morgan fingerprint density at radius 1 is 0.848 bits per heavy atom. The molecule has 3 aromatic rings. The number of anilines is 2. The molecule has 2 aliphatic rings. The van der Waals surface area contributed by atoms with Crippen LogP contribution in [0, 0.1) is 13.8 Å². The van der Waals surface area contributed by atoms with Gasteiger partial charge in [-0.3, -0.25) is 9.59 Å². The second-order valence-electron chi connectivity index (χ2n) is 8.38. The number of carbonyl (C=O) groups excluding carboxylic acids is 2. The number of amides is 2. The minimum atomic E-state index is -0.294. The van der Waals surface area contributed by atoms with E-state index in [0.717, 1.165) is 29.0 Å². The number of para-hydroxylation sites is 1. The van der Waals surface area contributed by atoms with Gasteiger partial charge in [0.05, 0.1) is 17.9 Å². The summed E-state index contributed by atoms with van der Waals surface area (Å²) < 4.78 is 5.58. The van der Waals surface area contributed by atoms with Gasteiger partial charge in [-0.1, -0.05) is 42.5 Å². The lowest BCUT2D eigenvalue weighted by Crippen LogP contribution is -2.35. The first kappa shape index (κ1) is 21.0. The molecule has 0 unspecified atom stereocenters. The summed E-state index contributed by atoms with van der Waals surface area (Å²) in [4.78, 5) is 31.1. The van der Waals surface area contributed by atoms with E-state index >= 15 is 0 Å². The number of rotatable bonds is 5. The summed E-state index contributed by atoms with van der Waals surface area (Å²) in [5.74, 6) is 0.157. The van der Waals surface area contributed by atoms with Crippen molar-refractivity contribution in [1.82, 2.24) is 0 Å². The van der Waals surface area contributed by atoms with Crippen molar-refractivity contribution in [1.29, 1.82) is 0 Å². The van der Waals surface area contributed by atoms with Crippen molar-refractivity contribution in [3.8, 4) is 5.75 Å². The summed E-state index contributed by atoms with van der Waals surface area (Å²) >= 11 is 0. The van der Waals surface area contributed by atoms with Crippen molar-refractivity contribution < 1.29 is 14.3 Å². The van der Waals surface area contributed by atoms with Gasteiger partial charge in [0.15, 0.2) is 0 Å². The largest absolute Gasteiger partial charge is 0.494 e. The van der Waals surface area contributed by atoms with Crippen molar-refractivity contribution in [3.63, 3.8) is 0 Å². The molecule has 5 rings (SSSR count). The van der Waals surface area contributed by atoms with Gasteiger partial charge in [-0.05, 0) is 73.7 Å². The molecule has 0 bridgehead atoms. The Balaban J connectivity index is 1.67.